The molecule has 2 rings (SSSR count). The zero-order valence-electron chi connectivity index (χ0n) is 14.4. The molecule has 134 valence electrons. The van der Waals surface area contributed by atoms with Crippen LogP contribution in [0.1, 0.15) is 11.1 Å². The molecule has 0 radical (unpaired) electrons. The van der Waals surface area contributed by atoms with E-state index < -0.39 is 0 Å². The number of methoxy groups -OCH3 is 2. The number of rotatable bonds is 6. The second kappa shape index (κ2) is 9.27. The minimum atomic E-state index is -0.287. The molecule has 0 fully saturated rings. The van der Waals surface area contributed by atoms with E-state index in [-0.39, 0.29) is 5.82 Å². The standard InChI is InChI=1S/C18H21BrFN3O2/c1-21-18(22-10-12-4-7-15(19)16(20)8-12)23-11-13-5-6-14(24-2)9-17(13)25-3/h4-9H,10-11H2,1-3H3,(H2,21,22,23). The molecule has 2 aromatic carbocycles. The van der Waals surface area contributed by atoms with Crippen molar-refractivity contribution in [1.82, 2.24) is 10.6 Å². The Kier molecular flexibility index (Phi) is 7.06. The number of hydrogen-bond donors (Lipinski definition) is 2. The maximum atomic E-state index is 13.6. The van der Waals surface area contributed by atoms with Gasteiger partial charge in [-0.1, -0.05) is 6.07 Å². The van der Waals surface area contributed by atoms with Crippen molar-refractivity contribution in [2.45, 2.75) is 13.1 Å². The number of ether oxygens (including phenoxy) is 2. The maximum Gasteiger partial charge on any atom is 0.191 e. The molecule has 2 N–H and O–H groups in total. The van der Waals surface area contributed by atoms with Crippen LogP contribution in [0.4, 0.5) is 4.39 Å². The molecule has 0 aliphatic carbocycles. The highest BCUT2D eigenvalue weighted by Crippen LogP contribution is 2.24. The molecule has 0 bridgehead atoms. The second-order valence-corrected chi connectivity index (χ2v) is 6.06. The van der Waals surface area contributed by atoms with Gasteiger partial charge in [0.1, 0.15) is 17.3 Å². The molecule has 0 unspecified atom stereocenters. The quantitative estimate of drug-likeness (QED) is 0.566. The van der Waals surface area contributed by atoms with Crippen LogP contribution in [0.25, 0.3) is 0 Å². The number of guanidine groups is 1. The van der Waals surface area contributed by atoms with Crippen molar-refractivity contribution in [3.05, 3.63) is 57.8 Å². The Bertz CT molecular complexity index is 753. The summed E-state index contributed by atoms with van der Waals surface area (Å²) < 4.78 is 24.6. The lowest BCUT2D eigenvalue weighted by Gasteiger charge is -2.14. The highest BCUT2D eigenvalue weighted by Gasteiger charge is 2.07. The lowest BCUT2D eigenvalue weighted by atomic mass is 10.2. The predicted molar refractivity (Wildman–Crippen MR) is 101 cm³/mol. The largest absolute Gasteiger partial charge is 0.497 e. The van der Waals surface area contributed by atoms with Gasteiger partial charge in [0.15, 0.2) is 5.96 Å². The number of benzene rings is 2. The average Bonchev–Trinajstić information content (AvgIpc) is 2.64. The normalized spacial score (nSPS) is 11.2. The van der Waals surface area contributed by atoms with Crippen molar-refractivity contribution in [1.29, 1.82) is 0 Å². The molecule has 7 heteroatoms. The molecule has 2 aromatic rings. The molecule has 0 aliphatic rings. The Hall–Kier alpha value is -2.28. The molecule has 0 saturated carbocycles. The second-order valence-electron chi connectivity index (χ2n) is 5.21. The van der Waals surface area contributed by atoms with Crippen molar-refractivity contribution in [3.63, 3.8) is 0 Å². The minimum absolute atomic E-state index is 0.287. The third kappa shape index (κ3) is 5.35. The van der Waals surface area contributed by atoms with Gasteiger partial charge in [-0.3, -0.25) is 4.99 Å². The Morgan fingerprint density at radius 1 is 1.08 bits per heavy atom. The SMILES string of the molecule is CN=C(NCc1ccc(Br)c(F)c1)NCc1ccc(OC)cc1OC. The first kappa shape index (κ1) is 19.1. The summed E-state index contributed by atoms with van der Waals surface area (Å²) >= 11 is 3.15. The number of aliphatic imine (C=N–C) groups is 1. The van der Waals surface area contributed by atoms with E-state index in [1.54, 1.807) is 27.3 Å². The van der Waals surface area contributed by atoms with Crippen LogP contribution in [-0.4, -0.2) is 27.2 Å². The van der Waals surface area contributed by atoms with E-state index in [0.717, 1.165) is 22.6 Å². The molecule has 0 heterocycles. The van der Waals surface area contributed by atoms with Gasteiger partial charge in [-0.15, -0.1) is 0 Å². The van der Waals surface area contributed by atoms with Crippen LogP contribution in [0.15, 0.2) is 45.9 Å². The van der Waals surface area contributed by atoms with Gasteiger partial charge >= 0.3 is 0 Å². The zero-order chi connectivity index (χ0) is 18.2. The van der Waals surface area contributed by atoms with Gasteiger partial charge in [0, 0.05) is 31.8 Å². The molecule has 5 nitrogen and oxygen atoms in total. The van der Waals surface area contributed by atoms with Gasteiger partial charge in [-0.05, 0) is 45.8 Å². The topological polar surface area (TPSA) is 54.9 Å². The van der Waals surface area contributed by atoms with Crippen LogP contribution >= 0.6 is 15.9 Å². The van der Waals surface area contributed by atoms with E-state index in [4.69, 9.17) is 9.47 Å². The van der Waals surface area contributed by atoms with E-state index in [1.165, 1.54) is 6.07 Å². The van der Waals surface area contributed by atoms with Crippen LogP contribution in [-0.2, 0) is 13.1 Å². The van der Waals surface area contributed by atoms with E-state index in [0.29, 0.717) is 23.5 Å². The summed E-state index contributed by atoms with van der Waals surface area (Å²) in [5, 5.41) is 6.36. The van der Waals surface area contributed by atoms with Gasteiger partial charge in [0.05, 0.1) is 18.7 Å². The summed E-state index contributed by atoms with van der Waals surface area (Å²) in [7, 11) is 4.92. The first-order valence-corrected chi connectivity index (χ1v) is 8.46. The smallest absolute Gasteiger partial charge is 0.191 e. The summed E-state index contributed by atoms with van der Waals surface area (Å²) in [6, 6.07) is 10.7. The Balaban J connectivity index is 1.95. The molecule has 0 aromatic heterocycles. The maximum absolute atomic E-state index is 13.6. The van der Waals surface area contributed by atoms with Crippen molar-refractivity contribution in [2.75, 3.05) is 21.3 Å². The number of hydrogen-bond acceptors (Lipinski definition) is 3. The third-order valence-corrected chi connectivity index (χ3v) is 4.25. The fraction of sp³-hybridized carbons (Fsp3) is 0.278. The lowest BCUT2D eigenvalue weighted by Crippen LogP contribution is -2.36. The Morgan fingerprint density at radius 3 is 2.48 bits per heavy atom. The number of nitrogens with zero attached hydrogens (tertiary/aromatic N) is 1. The van der Waals surface area contributed by atoms with Crippen LogP contribution in [0.3, 0.4) is 0 Å². The van der Waals surface area contributed by atoms with Crippen LogP contribution in [0.2, 0.25) is 0 Å². The summed E-state index contributed by atoms with van der Waals surface area (Å²) in [4.78, 5) is 4.17. The van der Waals surface area contributed by atoms with Gasteiger partial charge in [0.25, 0.3) is 0 Å². The van der Waals surface area contributed by atoms with Gasteiger partial charge < -0.3 is 20.1 Å². The Labute approximate surface area is 155 Å². The minimum Gasteiger partial charge on any atom is -0.497 e. The first-order chi connectivity index (χ1) is 12.1. The number of halogens is 2. The predicted octanol–water partition coefficient (Wildman–Crippen LogP) is 3.47. The van der Waals surface area contributed by atoms with E-state index in [9.17, 15) is 4.39 Å². The molecule has 0 amide bonds. The summed E-state index contributed by atoms with van der Waals surface area (Å²) in [5.74, 6) is 1.80. The molecule has 0 aliphatic heterocycles. The van der Waals surface area contributed by atoms with Crippen molar-refractivity contribution in [2.24, 2.45) is 4.99 Å². The fourth-order valence-corrected chi connectivity index (χ4v) is 2.48. The average molecular weight is 410 g/mol. The highest BCUT2D eigenvalue weighted by atomic mass is 79.9. The highest BCUT2D eigenvalue weighted by molar-refractivity contribution is 9.10. The van der Waals surface area contributed by atoms with Gasteiger partial charge in [-0.25, -0.2) is 4.39 Å². The van der Waals surface area contributed by atoms with Crippen molar-refractivity contribution < 1.29 is 13.9 Å². The van der Waals surface area contributed by atoms with E-state index >= 15 is 0 Å². The van der Waals surface area contributed by atoms with Gasteiger partial charge in [-0.2, -0.15) is 0 Å². The third-order valence-electron chi connectivity index (χ3n) is 3.61. The fourth-order valence-electron chi connectivity index (χ4n) is 2.23. The van der Waals surface area contributed by atoms with Crippen molar-refractivity contribution >= 4 is 21.9 Å². The van der Waals surface area contributed by atoms with E-state index in [2.05, 4.69) is 31.6 Å². The van der Waals surface area contributed by atoms with E-state index in [1.807, 2.05) is 24.3 Å². The summed E-state index contributed by atoms with van der Waals surface area (Å²) in [6.45, 7) is 0.991. The molecule has 25 heavy (non-hydrogen) atoms. The molecule has 0 spiro atoms. The molecular formula is C18H21BrFN3O2. The van der Waals surface area contributed by atoms with Crippen LogP contribution < -0.4 is 20.1 Å². The van der Waals surface area contributed by atoms with Gasteiger partial charge in [0.2, 0.25) is 0 Å². The monoisotopic (exact) mass is 409 g/mol. The summed E-state index contributed by atoms with van der Waals surface area (Å²) in [5.41, 5.74) is 1.80. The lowest BCUT2D eigenvalue weighted by molar-refractivity contribution is 0.390. The summed E-state index contributed by atoms with van der Waals surface area (Å²) in [6.07, 6.45) is 0. The zero-order valence-corrected chi connectivity index (χ0v) is 16.0. The Morgan fingerprint density at radius 2 is 1.84 bits per heavy atom. The van der Waals surface area contributed by atoms with Crippen LogP contribution in [0.5, 0.6) is 11.5 Å². The van der Waals surface area contributed by atoms with Crippen LogP contribution in [0, 0.1) is 5.82 Å². The first-order valence-electron chi connectivity index (χ1n) is 7.66. The number of nitrogens with one attached hydrogen (secondary N) is 2. The van der Waals surface area contributed by atoms with Crippen molar-refractivity contribution in [3.8, 4) is 11.5 Å². The molecule has 0 atom stereocenters. The molecular weight excluding hydrogens is 389 g/mol. The molecule has 0 saturated heterocycles.